The normalized spacial score (nSPS) is 12.8. The van der Waals surface area contributed by atoms with Crippen molar-refractivity contribution in [3.8, 4) is 16.9 Å². The Kier molecular flexibility index (Phi) is 6.85. The fourth-order valence-electron chi connectivity index (χ4n) is 3.07. The van der Waals surface area contributed by atoms with Gasteiger partial charge in [0.25, 0.3) is 5.91 Å². The highest BCUT2D eigenvalue weighted by Crippen LogP contribution is 2.22. The Morgan fingerprint density at radius 1 is 0.821 bits per heavy atom. The zero-order valence-corrected chi connectivity index (χ0v) is 16.5. The Bertz CT molecular complexity index is 860. The topological polar surface area (TPSA) is 38.3 Å². The molecule has 0 bridgehead atoms. The van der Waals surface area contributed by atoms with Crippen molar-refractivity contribution in [2.24, 2.45) is 0 Å². The lowest BCUT2D eigenvalue weighted by atomic mass is 10.1. The van der Waals surface area contributed by atoms with Crippen LogP contribution in [0.5, 0.6) is 5.75 Å². The van der Waals surface area contributed by atoms with Crippen LogP contribution < -0.4 is 10.1 Å². The molecule has 1 N–H and O–H groups in total. The standard InChI is InChI=1S/C25H27NO2/c1-19(13-14-21-9-5-3-6-10-21)26-25(27)20(2)28-24-17-15-23(16-18-24)22-11-7-4-8-12-22/h3-12,15-20H,13-14H2,1-2H3,(H,26,27)/t19-,20-/m1/s1. The lowest BCUT2D eigenvalue weighted by Gasteiger charge is -2.19. The predicted octanol–water partition coefficient (Wildman–Crippen LogP) is 5.26. The zero-order valence-electron chi connectivity index (χ0n) is 16.5. The molecular weight excluding hydrogens is 346 g/mol. The van der Waals surface area contributed by atoms with Gasteiger partial charge in [0, 0.05) is 6.04 Å². The number of carbonyl (C=O) groups excluding carboxylic acids is 1. The van der Waals surface area contributed by atoms with Crippen LogP contribution in [0.15, 0.2) is 84.9 Å². The molecule has 3 heteroatoms. The average molecular weight is 373 g/mol. The van der Waals surface area contributed by atoms with Gasteiger partial charge in [-0.05, 0) is 55.5 Å². The van der Waals surface area contributed by atoms with Gasteiger partial charge in [-0.2, -0.15) is 0 Å². The summed E-state index contributed by atoms with van der Waals surface area (Å²) in [7, 11) is 0. The van der Waals surface area contributed by atoms with Crippen LogP contribution in [0.3, 0.4) is 0 Å². The maximum absolute atomic E-state index is 12.4. The second-order valence-electron chi connectivity index (χ2n) is 7.08. The summed E-state index contributed by atoms with van der Waals surface area (Å²) in [6.07, 6.45) is 1.30. The van der Waals surface area contributed by atoms with Gasteiger partial charge < -0.3 is 10.1 Å². The lowest BCUT2D eigenvalue weighted by Crippen LogP contribution is -2.41. The highest BCUT2D eigenvalue weighted by molar-refractivity contribution is 5.81. The van der Waals surface area contributed by atoms with Crippen LogP contribution in [-0.4, -0.2) is 18.1 Å². The first-order chi connectivity index (χ1) is 13.6. The number of hydrogen-bond donors (Lipinski definition) is 1. The maximum atomic E-state index is 12.4. The Balaban J connectivity index is 1.48. The van der Waals surface area contributed by atoms with Gasteiger partial charge in [-0.1, -0.05) is 72.8 Å². The van der Waals surface area contributed by atoms with E-state index in [1.165, 1.54) is 5.56 Å². The summed E-state index contributed by atoms with van der Waals surface area (Å²) >= 11 is 0. The molecule has 3 aromatic carbocycles. The molecule has 0 spiro atoms. The summed E-state index contributed by atoms with van der Waals surface area (Å²) in [5.41, 5.74) is 3.57. The molecule has 0 aliphatic carbocycles. The first-order valence-electron chi connectivity index (χ1n) is 9.78. The molecule has 0 saturated heterocycles. The zero-order chi connectivity index (χ0) is 19.8. The molecule has 28 heavy (non-hydrogen) atoms. The van der Waals surface area contributed by atoms with Gasteiger partial charge in [-0.15, -0.1) is 0 Å². The first kappa shape index (κ1) is 19.7. The van der Waals surface area contributed by atoms with E-state index in [1.807, 2.05) is 67.6 Å². The third-order valence-corrected chi connectivity index (χ3v) is 4.74. The molecule has 3 aromatic rings. The summed E-state index contributed by atoms with van der Waals surface area (Å²) in [6.45, 7) is 3.81. The smallest absolute Gasteiger partial charge is 0.260 e. The second-order valence-corrected chi connectivity index (χ2v) is 7.08. The van der Waals surface area contributed by atoms with Crippen molar-refractivity contribution in [2.75, 3.05) is 0 Å². The molecule has 144 valence electrons. The number of amides is 1. The van der Waals surface area contributed by atoms with Crippen LogP contribution in [0.2, 0.25) is 0 Å². The summed E-state index contributed by atoms with van der Waals surface area (Å²) in [5, 5.41) is 3.04. The predicted molar refractivity (Wildman–Crippen MR) is 114 cm³/mol. The molecule has 0 radical (unpaired) electrons. The fourth-order valence-corrected chi connectivity index (χ4v) is 3.07. The van der Waals surface area contributed by atoms with Gasteiger partial charge in [0.05, 0.1) is 0 Å². The minimum absolute atomic E-state index is 0.0901. The number of ether oxygens (including phenoxy) is 1. The molecule has 0 aromatic heterocycles. The highest BCUT2D eigenvalue weighted by atomic mass is 16.5. The summed E-state index contributed by atoms with van der Waals surface area (Å²) < 4.78 is 5.82. The van der Waals surface area contributed by atoms with E-state index in [2.05, 4.69) is 29.6 Å². The van der Waals surface area contributed by atoms with Crippen molar-refractivity contribution in [1.82, 2.24) is 5.32 Å². The average Bonchev–Trinajstić information content (AvgIpc) is 2.74. The molecule has 0 fully saturated rings. The second kappa shape index (κ2) is 9.75. The van der Waals surface area contributed by atoms with Crippen LogP contribution in [0, 0.1) is 0 Å². The third-order valence-electron chi connectivity index (χ3n) is 4.74. The Morgan fingerprint density at radius 3 is 2.04 bits per heavy atom. The molecule has 2 atom stereocenters. The van der Waals surface area contributed by atoms with Crippen LogP contribution in [-0.2, 0) is 11.2 Å². The van der Waals surface area contributed by atoms with Gasteiger partial charge in [-0.3, -0.25) is 4.79 Å². The van der Waals surface area contributed by atoms with E-state index in [-0.39, 0.29) is 11.9 Å². The lowest BCUT2D eigenvalue weighted by molar-refractivity contribution is -0.127. The number of hydrogen-bond acceptors (Lipinski definition) is 2. The summed E-state index contributed by atoms with van der Waals surface area (Å²) in [5.74, 6) is 0.604. The van der Waals surface area contributed by atoms with E-state index >= 15 is 0 Å². The molecule has 3 rings (SSSR count). The largest absolute Gasteiger partial charge is 0.481 e. The molecule has 0 saturated carbocycles. The van der Waals surface area contributed by atoms with Crippen molar-refractivity contribution >= 4 is 5.91 Å². The van der Waals surface area contributed by atoms with Gasteiger partial charge in [0.1, 0.15) is 5.75 Å². The van der Waals surface area contributed by atoms with E-state index in [0.717, 1.165) is 24.0 Å². The summed E-state index contributed by atoms with van der Waals surface area (Å²) in [4.78, 5) is 12.4. The van der Waals surface area contributed by atoms with E-state index in [9.17, 15) is 4.79 Å². The van der Waals surface area contributed by atoms with Crippen LogP contribution >= 0.6 is 0 Å². The third kappa shape index (κ3) is 5.71. The fraction of sp³-hybridized carbons (Fsp3) is 0.240. The molecule has 1 amide bonds. The number of nitrogens with one attached hydrogen (secondary N) is 1. The Hall–Kier alpha value is -3.07. The maximum Gasteiger partial charge on any atom is 0.260 e. The van der Waals surface area contributed by atoms with Crippen LogP contribution in [0.4, 0.5) is 0 Å². The quantitative estimate of drug-likeness (QED) is 0.585. The minimum atomic E-state index is -0.540. The molecular formula is C25H27NO2. The Labute approximate surface area is 167 Å². The molecule has 0 aliphatic rings. The number of carbonyl (C=O) groups is 1. The molecule has 0 unspecified atom stereocenters. The van der Waals surface area contributed by atoms with Gasteiger partial charge in [0.15, 0.2) is 6.10 Å². The minimum Gasteiger partial charge on any atom is -0.481 e. The van der Waals surface area contributed by atoms with Crippen molar-refractivity contribution in [1.29, 1.82) is 0 Å². The highest BCUT2D eigenvalue weighted by Gasteiger charge is 2.17. The van der Waals surface area contributed by atoms with Crippen molar-refractivity contribution in [3.63, 3.8) is 0 Å². The van der Waals surface area contributed by atoms with Gasteiger partial charge in [0.2, 0.25) is 0 Å². The van der Waals surface area contributed by atoms with Crippen molar-refractivity contribution < 1.29 is 9.53 Å². The van der Waals surface area contributed by atoms with Crippen molar-refractivity contribution in [2.45, 2.75) is 38.8 Å². The van der Waals surface area contributed by atoms with E-state index in [0.29, 0.717) is 5.75 Å². The van der Waals surface area contributed by atoms with Crippen LogP contribution in [0.1, 0.15) is 25.8 Å². The monoisotopic (exact) mass is 373 g/mol. The number of benzene rings is 3. The van der Waals surface area contributed by atoms with E-state index in [1.54, 1.807) is 6.92 Å². The first-order valence-corrected chi connectivity index (χ1v) is 9.78. The molecule has 0 aliphatic heterocycles. The van der Waals surface area contributed by atoms with Gasteiger partial charge >= 0.3 is 0 Å². The van der Waals surface area contributed by atoms with E-state index < -0.39 is 6.10 Å². The van der Waals surface area contributed by atoms with Crippen LogP contribution in [0.25, 0.3) is 11.1 Å². The molecule has 3 nitrogen and oxygen atoms in total. The summed E-state index contributed by atoms with van der Waals surface area (Å²) in [6, 6.07) is 28.4. The number of aryl methyl sites for hydroxylation is 1. The molecule has 0 heterocycles. The number of rotatable bonds is 8. The van der Waals surface area contributed by atoms with Gasteiger partial charge in [-0.25, -0.2) is 0 Å². The Morgan fingerprint density at radius 2 is 1.39 bits per heavy atom. The van der Waals surface area contributed by atoms with Crippen molar-refractivity contribution in [3.05, 3.63) is 90.5 Å². The van der Waals surface area contributed by atoms with E-state index in [4.69, 9.17) is 4.74 Å². The SMILES string of the molecule is C[C@H](CCc1ccccc1)NC(=O)[C@@H](C)Oc1ccc(-c2ccccc2)cc1.